The van der Waals surface area contributed by atoms with Gasteiger partial charge in [-0.2, -0.15) is 0 Å². The van der Waals surface area contributed by atoms with Gasteiger partial charge in [0, 0.05) is 11.1 Å². The highest BCUT2D eigenvalue weighted by molar-refractivity contribution is 9.09. The lowest BCUT2D eigenvalue weighted by atomic mass is 10.1. The summed E-state index contributed by atoms with van der Waals surface area (Å²) in [5.41, 5.74) is 2.93. The van der Waals surface area contributed by atoms with Crippen LogP contribution in [0.25, 0.3) is 0 Å². The molecule has 0 N–H and O–H groups in total. The van der Waals surface area contributed by atoms with E-state index in [0.717, 1.165) is 12.0 Å². The zero-order valence-corrected chi connectivity index (χ0v) is 10.3. The maximum absolute atomic E-state index is 12.7. The van der Waals surface area contributed by atoms with Gasteiger partial charge in [0.25, 0.3) is 0 Å². The monoisotopic (exact) mass is 285 g/mol. The predicted molar refractivity (Wildman–Crippen MR) is 63.9 cm³/mol. The number of alkyl halides is 1. The molecule has 1 heterocycles. The van der Waals surface area contributed by atoms with Gasteiger partial charge in [-0.1, -0.05) is 28.1 Å². The number of aromatic nitrogens is 1. The zero-order valence-electron chi connectivity index (χ0n) is 7.86. The summed E-state index contributed by atoms with van der Waals surface area (Å²) in [4.78, 5) is 5.48. The molecule has 0 aliphatic rings. The molecule has 2 rings (SSSR count). The van der Waals surface area contributed by atoms with Gasteiger partial charge in [0.15, 0.2) is 0 Å². The van der Waals surface area contributed by atoms with Crippen LogP contribution in [0.15, 0.2) is 36.0 Å². The summed E-state index contributed by atoms with van der Waals surface area (Å²) < 4.78 is 12.7. The molecular weight excluding hydrogens is 277 g/mol. The van der Waals surface area contributed by atoms with Gasteiger partial charge >= 0.3 is 0 Å². The minimum Gasteiger partial charge on any atom is -0.253 e. The Bertz CT molecular complexity index is 413. The van der Waals surface area contributed by atoms with Crippen LogP contribution in [0.4, 0.5) is 4.39 Å². The summed E-state index contributed by atoms with van der Waals surface area (Å²) in [7, 11) is 0. The van der Waals surface area contributed by atoms with E-state index in [1.165, 1.54) is 17.0 Å². The number of benzene rings is 1. The topological polar surface area (TPSA) is 12.9 Å². The van der Waals surface area contributed by atoms with Crippen LogP contribution in [-0.4, -0.2) is 4.98 Å². The molecule has 15 heavy (non-hydrogen) atoms. The summed E-state index contributed by atoms with van der Waals surface area (Å²) in [5, 5.41) is 0. The SMILES string of the molecule is Fc1ccc(CC(Br)c2cncs2)cc1. The summed E-state index contributed by atoms with van der Waals surface area (Å²) in [6.07, 6.45) is 2.70. The van der Waals surface area contributed by atoms with Gasteiger partial charge in [0.2, 0.25) is 0 Å². The highest BCUT2D eigenvalue weighted by Crippen LogP contribution is 2.29. The normalized spacial score (nSPS) is 12.7. The molecule has 0 spiro atoms. The Morgan fingerprint density at radius 1 is 1.33 bits per heavy atom. The summed E-state index contributed by atoms with van der Waals surface area (Å²) in [6.45, 7) is 0. The van der Waals surface area contributed by atoms with Crippen molar-refractivity contribution >= 4 is 27.3 Å². The molecule has 1 aromatic carbocycles. The molecule has 1 aromatic heterocycles. The Balaban J connectivity index is 2.06. The maximum atomic E-state index is 12.7. The van der Waals surface area contributed by atoms with Crippen molar-refractivity contribution in [3.8, 4) is 0 Å². The number of hydrogen-bond donors (Lipinski definition) is 0. The van der Waals surface area contributed by atoms with E-state index in [0.29, 0.717) is 0 Å². The molecular formula is C11H9BrFNS. The first kappa shape index (κ1) is 10.8. The molecule has 0 aliphatic heterocycles. The fourth-order valence-electron chi connectivity index (χ4n) is 1.31. The fraction of sp³-hybridized carbons (Fsp3) is 0.182. The molecule has 0 bridgehead atoms. The van der Waals surface area contributed by atoms with Crippen molar-refractivity contribution in [3.05, 3.63) is 52.2 Å². The van der Waals surface area contributed by atoms with Gasteiger partial charge in [-0.05, 0) is 24.1 Å². The minimum absolute atomic E-state index is 0.192. The van der Waals surface area contributed by atoms with Crippen LogP contribution in [0.5, 0.6) is 0 Å². The van der Waals surface area contributed by atoms with Gasteiger partial charge < -0.3 is 0 Å². The van der Waals surface area contributed by atoms with Crippen molar-refractivity contribution in [3.63, 3.8) is 0 Å². The van der Waals surface area contributed by atoms with Crippen molar-refractivity contribution in [1.29, 1.82) is 0 Å². The first-order chi connectivity index (χ1) is 7.25. The van der Waals surface area contributed by atoms with E-state index >= 15 is 0 Å². The zero-order chi connectivity index (χ0) is 10.7. The summed E-state index contributed by atoms with van der Waals surface area (Å²) >= 11 is 5.22. The second kappa shape index (κ2) is 4.86. The molecule has 78 valence electrons. The van der Waals surface area contributed by atoms with Crippen molar-refractivity contribution in [2.45, 2.75) is 11.2 Å². The average molecular weight is 286 g/mol. The van der Waals surface area contributed by atoms with Gasteiger partial charge in [0.05, 0.1) is 10.3 Å². The van der Waals surface area contributed by atoms with Crippen LogP contribution >= 0.6 is 27.3 Å². The van der Waals surface area contributed by atoms with Gasteiger partial charge in [-0.25, -0.2) is 4.39 Å². The van der Waals surface area contributed by atoms with Crippen molar-refractivity contribution < 1.29 is 4.39 Å². The van der Waals surface area contributed by atoms with Gasteiger partial charge in [-0.15, -0.1) is 11.3 Å². The van der Waals surface area contributed by atoms with E-state index in [4.69, 9.17) is 0 Å². The van der Waals surface area contributed by atoms with Crippen LogP contribution < -0.4 is 0 Å². The van der Waals surface area contributed by atoms with E-state index < -0.39 is 0 Å². The summed E-state index contributed by atoms with van der Waals surface area (Å²) in [6, 6.07) is 6.60. The third kappa shape index (κ3) is 2.86. The van der Waals surface area contributed by atoms with E-state index in [2.05, 4.69) is 20.9 Å². The van der Waals surface area contributed by atoms with Crippen LogP contribution in [-0.2, 0) is 6.42 Å². The number of nitrogens with zero attached hydrogens (tertiary/aromatic N) is 1. The van der Waals surface area contributed by atoms with Crippen molar-refractivity contribution in [1.82, 2.24) is 4.98 Å². The molecule has 0 aliphatic carbocycles. The molecule has 0 amide bonds. The predicted octanol–water partition coefficient (Wildman–Crippen LogP) is 3.96. The molecule has 2 aromatic rings. The Morgan fingerprint density at radius 2 is 2.07 bits per heavy atom. The Hall–Kier alpha value is -0.740. The molecule has 0 radical (unpaired) electrons. The molecule has 4 heteroatoms. The van der Waals surface area contributed by atoms with Crippen molar-refractivity contribution in [2.24, 2.45) is 0 Å². The largest absolute Gasteiger partial charge is 0.253 e. The van der Waals surface area contributed by atoms with E-state index in [-0.39, 0.29) is 10.6 Å². The number of halogens is 2. The number of rotatable bonds is 3. The molecule has 1 atom stereocenters. The molecule has 0 saturated carbocycles. The smallest absolute Gasteiger partial charge is 0.123 e. The minimum atomic E-state index is -0.192. The molecule has 0 fully saturated rings. The van der Waals surface area contributed by atoms with E-state index in [9.17, 15) is 4.39 Å². The Kier molecular flexibility index (Phi) is 3.49. The van der Waals surface area contributed by atoms with Crippen molar-refractivity contribution in [2.75, 3.05) is 0 Å². The van der Waals surface area contributed by atoms with E-state index in [1.54, 1.807) is 11.3 Å². The molecule has 0 saturated heterocycles. The third-order valence-corrected chi connectivity index (χ3v) is 4.10. The fourth-order valence-corrected chi connectivity index (χ4v) is 2.72. The second-order valence-electron chi connectivity index (χ2n) is 3.20. The average Bonchev–Trinajstić information content (AvgIpc) is 2.74. The van der Waals surface area contributed by atoms with Crippen LogP contribution in [0.3, 0.4) is 0 Å². The van der Waals surface area contributed by atoms with Gasteiger partial charge in [-0.3, -0.25) is 4.98 Å². The standard InChI is InChI=1S/C11H9BrFNS/c12-10(11-6-14-7-15-11)5-8-1-3-9(13)4-2-8/h1-4,6-7,10H,5H2. The highest BCUT2D eigenvalue weighted by atomic mass is 79.9. The second-order valence-corrected chi connectivity index (χ2v) is 5.23. The Morgan fingerprint density at radius 3 is 2.67 bits per heavy atom. The number of thiazole rings is 1. The van der Waals surface area contributed by atoms with Gasteiger partial charge in [0.1, 0.15) is 5.82 Å². The van der Waals surface area contributed by atoms with Crippen LogP contribution in [0, 0.1) is 5.82 Å². The third-order valence-electron chi connectivity index (χ3n) is 2.09. The Labute approximate surface area is 100 Å². The maximum Gasteiger partial charge on any atom is 0.123 e. The van der Waals surface area contributed by atoms with Crippen LogP contribution in [0.1, 0.15) is 15.3 Å². The number of hydrogen-bond acceptors (Lipinski definition) is 2. The highest BCUT2D eigenvalue weighted by Gasteiger charge is 2.09. The first-order valence-electron chi connectivity index (χ1n) is 4.52. The summed E-state index contributed by atoms with van der Waals surface area (Å²) in [5.74, 6) is -0.192. The quantitative estimate of drug-likeness (QED) is 0.778. The lowest BCUT2D eigenvalue weighted by Crippen LogP contribution is -1.92. The first-order valence-corrected chi connectivity index (χ1v) is 6.32. The van der Waals surface area contributed by atoms with E-state index in [1.807, 2.05) is 23.8 Å². The molecule has 1 unspecified atom stereocenters. The van der Waals surface area contributed by atoms with Crippen LogP contribution in [0.2, 0.25) is 0 Å². The lowest BCUT2D eigenvalue weighted by Gasteiger charge is -2.06. The lowest BCUT2D eigenvalue weighted by molar-refractivity contribution is 0.627. The molecule has 1 nitrogen and oxygen atoms in total.